The van der Waals surface area contributed by atoms with Gasteiger partial charge in [-0.05, 0) is 24.3 Å². The molecule has 1 saturated carbocycles. The number of hydrogen-bond acceptors (Lipinski definition) is 3. The molecule has 4 N–H and O–H groups in total. The Morgan fingerprint density at radius 2 is 1.79 bits per heavy atom. The van der Waals surface area contributed by atoms with Gasteiger partial charge in [-0.1, -0.05) is 49.6 Å². The van der Waals surface area contributed by atoms with E-state index in [0.29, 0.717) is 31.8 Å². The van der Waals surface area contributed by atoms with Crippen LogP contribution in [-0.2, 0) is 16.0 Å². The van der Waals surface area contributed by atoms with Crippen molar-refractivity contribution in [1.82, 2.24) is 10.6 Å². The zero-order chi connectivity index (χ0) is 17.2. The molecule has 5 heteroatoms. The minimum Gasteiger partial charge on any atom is -0.355 e. The van der Waals surface area contributed by atoms with Gasteiger partial charge < -0.3 is 16.4 Å². The maximum Gasteiger partial charge on any atom is 0.224 e. The maximum absolute atomic E-state index is 12.1. The first-order valence-electron chi connectivity index (χ1n) is 8.99. The van der Waals surface area contributed by atoms with Crippen LogP contribution in [0, 0.1) is 5.92 Å². The molecule has 1 aliphatic rings. The fraction of sp³-hybridized carbons (Fsp3) is 0.579. The molecule has 1 unspecified atom stereocenters. The number of benzene rings is 1. The Kier molecular flexibility index (Phi) is 7.75. The van der Waals surface area contributed by atoms with Crippen LogP contribution < -0.4 is 16.4 Å². The summed E-state index contributed by atoms with van der Waals surface area (Å²) in [5.41, 5.74) is 6.80. The molecular weight excluding hydrogens is 302 g/mol. The van der Waals surface area contributed by atoms with Gasteiger partial charge in [0.25, 0.3) is 0 Å². The molecule has 1 aromatic rings. The van der Waals surface area contributed by atoms with E-state index in [1.165, 1.54) is 19.3 Å². The van der Waals surface area contributed by atoms with Gasteiger partial charge in [-0.2, -0.15) is 0 Å². The molecule has 0 heterocycles. The first kappa shape index (κ1) is 18.5. The van der Waals surface area contributed by atoms with Gasteiger partial charge in [-0.25, -0.2) is 0 Å². The summed E-state index contributed by atoms with van der Waals surface area (Å²) in [5.74, 6) is 0.410. The highest BCUT2D eigenvalue weighted by Gasteiger charge is 2.23. The minimum absolute atomic E-state index is 0.0314. The van der Waals surface area contributed by atoms with Crippen molar-refractivity contribution in [3.8, 4) is 0 Å². The molecular formula is C19H29N3O2. The quantitative estimate of drug-likeness (QED) is 0.678. The molecule has 132 valence electrons. The summed E-state index contributed by atoms with van der Waals surface area (Å²) in [6.07, 6.45) is 6.68. The number of hydrogen-bond donors (Lipinski definition) is 3. The predicted octanol–water partition coefficient (Wildman–Crippen LogP) is 1.76. The highest BCUT2D eigenvalue weighted by atomic mass is 16.2. The Bertz CT molecular complexity index is 513. The Labute approximate surface area is 144 Å². The lowest BCUT2D eigenvalue weighted by molar-refractivity contribution is -0.122. The highest BCUT2D eigenvalue weighted by Crippen LogP contribution is 2.26. The van der Waals surface area contributed by atoms with Gasteiger partial charge in [0.2, 0.25) is 11.8 Å². The van der Waals surface area contributed by atoms with Crippen LogP contribution in [0.3, 0.4) is 0 Å². The molecule has 1 atom stereocenters. The number of carbonyl (C=O) groups is 2. The lowest BCUT2D eigenvalue weighted by Crippen LogP contribution is -2.46. The van der Waals surface area contributed by atoms with E-state index in [1.54, 1.807) is 0 Å². The second-order valence-electron chi connectivity index (χ2n) is 6.57. The molecule has 1 aliphatic carbocycles. The molecule has 0 aromatic heterocycles. The Balaban J connectivity index is 1.65. The second-order valence-corrected chi connectivity index (χ2v) is 6.57. The van der Waals surface area contributed by atoms with E-state index >= 15 is 0 Å². The average molecular weight is 331 g/mol. The van der Waals surface area contributed by atoms with E-state index in [2.05, 4.69) is 10.6 Å². The summed E-state index contributed by atoms with van der Waals surface area (Å²) >= 11 is 0. The number of carbonyl (C=O) groups excluding carboxylic acids is 2. The van der Waals surface area contributed by atoms with Crippen molar-refractivity contribution < 1.29 is 9.59 Å². The summed E-state index contributed by atoms with van der Waals surface area (Å²) in [7, 11) is 0. The molecule has 24 heavy (non-hydrogen) atoms. The van der Waals surface area contributed by atoms with E-state index in [-0.39, 0.29) is 17.9 Å². The van der Waals surface area contributed by atoms with Crippen molar-refractivity contribution in [2.75, 3.05) is 13.1 Å². The zero-order valence-corrected chi connectivity index (χ0v) is 14.3. The predicted molar refractivity (Wildman–Crippen MR) is 95.3 cm³/mol. The van der Waals surface area contributed by atoms with Crippen LogP contribution in [-0.4, -0.2) is 30.9 Å². The van der Waals surface area contributed by atoms with Gasteiger partial charge in [-0.15, -0.1) is 0 Å². The van der Waals surface area contributed by atoms with Gasteiger partial charge in [0.15, 0.2) is 0 Å². The summed E-state index contributed by atoms with van der Waals surface area (Å²) < 4.78 is 0. The number of amides is 2. The summed E-state index contributed by atoms with van der Waals surface area (Å²) in [4.78, 5) is 23.9. The first-order chi connectivity index (χ1) is 11.7. The Morgan fingerprint density at radius 1 is 1.08 bits per heavy atom. The van der Waals surface area contributed by atoms with Gasteiger partial charge >= 0.3 is 0 Å². The molecule has 0 aliphatic heterocycles. The van der Waals surface area contributed by atoms with Gasteiger partial charge in [0, 0.05) is 25.6 Å². The normalized spacial score (nSPS) is 16.4. The minimum atomic E-state index is -0.0587. The third-order valence-electron chi connectivity index (χ3n) is 4.70. The molecule has 5 nitrogen and oxygen atoms in total. The Hall–Kier alpha value is -1.88. The molecule has 0 bridgehead atoms. The fourth-order valence-electron chi connectivity index (χ4n) is 3.34. The largest absolute Gasteiger partial charge is 0.355 e. The molecule has 0 saturated heterocycles. The van der Waals surface area contributed by atoms with Crippen molar-refractivity contribution in [1.29, 1.82) is 0 Å². The van der Waals surface area contributed by atoms with E-state index in [1.807, 2.05) is 30.3 Å². The molecule has 0 spiro atoms. The van der Waals surface area contributed by atoms with Gasteiger partial charge in [0.1, 0.15) is 0 Å². The third-order valence-corrected chi connectivity index (χ3v) is 4.70. The van der Waals surface area contributed by atoms with Crippen molar-refractivity contribution in [2.45, 2.75) is 51.0 Å². The Morgan fingerprint density at radius 3 is 2.46 bits per heavy atom. The van der Waals surface area contributed by atoms with Crippen molar-refractivity contribution in [3.05, 3.63) is 35.9 Å². The first-order valence-corrected chi connectivity index (χ1v) is 8.99. The molecule has 2 rings (SSSR count). The summed E-state index contributed by atoms with van der Waals surface area (Å²) in [6, 6.07) is 9.65. The van der Waals surface area contributed by atoms with Crippen LogP contribution in [0.4, 0.5) is 0 Å². The van der Waals surface area contributed by atoms with Crippen LogP contribution >= 0.6 is 0 Å². The number of rotatable bonds is 8. The van der Waals surface area contributed by atoms with Crippen molar-refractivity contribution in [3.63, 3.8) is 0 Å². The highest BCUT2D eigenvalue weighted by molar-refractivity contribution is 5.80. The van der Waals surface area contributed by atoms with Crippen LogP contribution in [0.2, 0.25) is 0 Å². The lowest BCUT2D eigenvalue weighted by Gasteiger charge is -2.30. The van der Waals surface area contributed by atoms with Gasteiger partial charge in [-0.3, -0.25) is 9.59 Å². The molecule has 2 amide bonds. The van der Waals surface area contributed by atoms with Crippen molar-refractivity contribution >= 4 is 11.8 Å². The van der Waals surface area contributed by atoms with E-state index < -0.39 is 0 Å². The fourth-order valence-corrected chi connectivity index (χ4v) is 3.34. The lowest BCUT2D eigenvalue weighted by atomic mass is 9.84. The topological polar surface area (TPSA) is 84.2 Å². The molecule has 0 radical (unpaired) electrons. The third kappa shape index (κ3) is 6.32. The van der Waals surface area contributed by atoms with E-state index in [9.17, 15) is 9.59 Å². The monoisotopic (exact) mass is 331 g/mol. The zero-order valence-electron chi connectivity index (χ0n) is 14.3. The molecule has 1 fully saturated rings. The second kappa shape index (κ2) is 10.1. The SMILES string of the molecule is NCC(NC(=O)CCNC(=O)Cc1ccccc1)C1CCCCC1. The van der Waals surface area contributed by atoms with Crippen LogP contribution in [0.1, 0.15) is 44.1 Å². The summed E-state index contributed by atoms with van der Waals surface area (Å²) in [5, 5.41) is 5.85. The number of nitrogens with two attached hydrogens (primary N) is 1. The summed E-state index contributed by atoms with van der Waals surface area (Å²) in [6.45, 7) is 0.843. The number of nitrogens with one attached hydrogen (secondary N) is 2. The maximum atomic E-state index is 12.1. The van der Waals surface area contributed by atoms with Gasteiger partial charge in [0.05, 0.1) is 6.42 Å². The van der Waals surface area contributed by atoms with Crippen LogP contribution in [0.25, 0.3) is 0 Å². The molecule has 1 aromatic carbocycles. The average Bonchev–Trinajstić information content (AvgIpc) is 2.61. The van der Waals surface area contributed by atoms with E-state index in [4.69, 9.17) is 5.73 Å². The van der Waals surface area contributed by atoms with E-state index in [0.717, 1.165) is 18.4 Å². The van der Waals surface area contributed by atoms with Crippen LogP contribution in [0.5, 0.6) is 0 Å². The smallest absolute Gasteiger partial charge is 0.224 e. The standard InChI is InChI=1S/C19H29N3O2/c20-14-17(16-9-5-2-6-10-16)22-18(23)11-12-21-19(24)13-15-7-3-1-4-8-15/h1,3-4,7-8,16-17H,2,5-6,9-14,20H2,(H,21,24)(H,22,23). The van der Waals surface area contributed by atoms with Crippen molar-refractivity contribution in [2.24, 2.45) is 11.7 Å². The van der Waals surface area contributed by atoms with Crippen LogP contribution in [0.15, 0.2) is 30.3 Å².